The van der Waals surface area contributed by atoms with Gasteiger partial charge in [0.15, 0.2) is 5.82 Å². The van der Waals surface area contributed by atoms with E-state index in [0.29, 0.717) is 5.16 Å². The molecule has 0 radical (unpaired) electrons. The molecular weight excluding hydrogens is 244 g/mol. The third-order valence-electron chi connectivity index (χ3n) is 2.35. The van der Waals surface area contributed by atoms with E-state index < -0.39 is 0 Å². The first-order chi connectivity index (χ1) is 8.92. The largest absolute Gasteiger partial charge is 0.258 e. The standard InChI is InChI=1S/C13H10N4S/c1-2-6-10(7-3-1)12-15-13(17-16-12)18-11-8-4-5-9-14-11/h1-9H,(H,15,16,17). The molecule has 5 heteroatoms. The summed E-state index contributed by atoms with van der Waals surface area (Å²) in [5.74, 6) is 0.772. The highest BCUT2D eigenvalue weighted by Gasteiger charge is 2.06. The van der Waals surface area contributed by atoms with Crippen LogP contribution in [0.15, 0.2) is 64.9 Å². The molecular formula is C13H10N4S. The maximum absolute atomic E-state index is 4.43. The summed E-state index contributed by atoms with van der Waals surface area (Å²) in [4.78, 5) is 8.66. The summed E-state index contributed by atoms with van der Waals surface area (Å²) in [6, 6.07) is 15.7. The van der Waals surface area contributed by atoms with E-state index in [1.165, 1.54) is 11.8 Å². The lowest BCUT2D eigenvalue weighted by Gasteiger charge is -1.94. The van der Waals surface area contributed by atoms with Crippen molar-refractivity contribution in [3.8, 4) is 11.4 Å². The molecule has 0 atom stereocenters. The van der Waals surface area contributed by atoms with Crippen molar-refractivity contribution < 1.29 is 0 Å². The molecule has 1 N–H and O–H groups in total. The predicted molar refractivity (Wildman–Crippen MR) is 70.2 cm³/mol. The number of hydrogen-bond acceptors (Lipinski definition) is 4. The number of rotatable bonds is 3. The SMILES string of the molecule is c1ccc(-c2nc(Sc3ccccn3)n[nH]2)cc1. The number of hydrogen-bond donors (Lipinski definition) is 1. The quantitative estimate of drug-likeness (QED) is 0.780. The zero-order chi connectivity index (χ0) is 12.2. The van der Waals surface area contributed by atoms with Crippen LogP contribution in [0, 0.1) is 0 Å². The van der Waals surface area contributed by atoms with Gasteiger partial charge in [-0.05, 0) is 23.9 Å². The molecule has 3 rings (SSSR count). The van der Waals surface area contributed by atoms with Crippen molar-refractivity contribution in [2.45, 2.75) is 10.2 Å². The molecule has 0 fully saturated rings. The van der Waals surface area contributed by atoms with Gasteiger partial charge in [-0.25, -0.2) is 9.97 Å². The summed E-state index contributed by atoms with van der Waals surface area (Å²) in [6.07, 6.45) is 1.76. The third-order valence-corrected chi connectivity index (χ3v) is 3.16. The van der Waals surface area contributed by atoms with Crippen molar-refractivity contribution in [3.63, 3.8) is 0 Å². The molecule has 0 saturated carbocycles. The summed E-state index contributed by atoms with van der Waals surface area (Å²) in [7, 11) is 0. The van der Waals surface area contributed by atoms with E-state index in [2.05, 4.69) is 20.2 Å². The molecule has 0 bridgehead atoms. The summed E-state index contributed by atoms with van der Waals surface area (Å²) in [6.45, 7) is 0. The molecule has 0 spiro atoms. The van der Waals surface area contributed by atoms with E-state index in [1.807, 2.05) is 48.5 Å². The van der Waals surface area contributed by atoms with Gasteiger partial charge in [0.25, 0.3) is 0 Å². The van der Waals surface area contributed by atoms with Gasteiger partial charge in [0.2, 0.25) is 5.16 Å². The van der Waals surface area contributed by atoms with Crippen LogP contribution in [-0.2, 0) is 0 Å². The second-order valence-corrected chi connectivity index (χ2v) is 4.59. The van der Waals surface area contributed by atoms with Crippen LogP contribution in [0.25, 0.3) is 11.4 Å². The first-order valence-corrected chi connectivity index (χ1v) is 6.30. The molecule has 1 aromatic carbocycles. The van der Waals surface area contributed by atoms with Crippen molar-refractivity contribution in [1.82, 2.24) is 20.2 Å². The minimum absolute atomic E-state index is 0.674. The van der Waals surface area contributed by atoms with Crippen LogP contribution in [0.1, 0.15) is 0 Å². The topological polar surface area (TPSA) is 54.5 Å². The molecule has 0 aliphatic carbocycles. The maximum atomic E-state index is 4.43. The number of aromatic nitrogens is 4. The Labute approximate surface area is 109 Å². The fourth-order valence-corrected chi connectivity index (χ4v) is 2.19. The van der Waals surface area contributed by atoms with Gasteiger partial charge in [0.05, 0.1) is 0 Å². The average molecular weight is 254 g/mol. The van der Waals surface area contributed by atoms with Crippen molar-refractivity contribution in [3.05, 3.63) is 54.7 Å². The Morgan fingerprint density at radius 1 is 0.944 bits per heavy atom. The molecule has 88 valence electrons. The highest BCUT2D eigenvalue weighted by Crippen LogP contribution is 2.24. The fraction of sp³-hybridized carbons (Fsp3) is 0. The van der Waals surface area contributed by atoms with Gasteiger partial charge >= 0.3 is 0 Å². The van der Waals surface area contributed by atoms with E-state index >= 15 is 0 Å². The molecule has 2 aromatic heterocycles. The smallest absolute Gasteiger partial charge is 0.215 e. The zero-order valence-electron chi connectivity index (χ0n) is 9.45. The second kappa shape index (κ2) is 5.01. The Bertz CT molecular complexity index is 622. The minimum Gasteiger partial charge on any atom is -0.258 e. The van der Waals surface area contributed by atoms with Gasteiger partial charge in [-0.3, -0.25) is 5.10 Å². The lowest BCUT2D eigenvalue weighted by atomic mass is 10.2. The van der Waals surface area contributed by atoms with Crippen LogP contribution >= 0.6 is 11.8 Å². The molecule has 2 heterocycles. The molecule has 3 aromatic rings. The highest BCUT2D eigenvalue weighted by atomic mass is 32.2. The third kappa shape index (κ3) is 2.41. The lowest BCUT2D eigenvalue weighted by Crippen LogP contribution is -1.80. The number of nitrogens with zero attached hydrogens (tertiary/aromatic N) is 3. The van der Waals surface area contributed by atoms with Crippen molar-refractivity contribution >= 4 is 11.8 Å². The Morgan fingerprint density at radius 2 is 1.78 bits per heavy atom. The Kier molecular flexibility index (Phi) is 3.06. The number of H-pyrrole nitrogens is 1. The van der Waals surface area contributed by atoms with Gasteiger partial charge in [-0.1, -0.05) is 36.4 Å². The summed E-state index contributed by atoms with van der Waals surface area (Å²) >= 11 is 1.44. The van der Waals surface area contributed by atoms with Crippen molar-refractivity contribution in [1.29, 1.82) is 0 Å². The van der Waals surface area contributed by atoms with Crippen LogP contribution in [0.4, 0.5) is 0 Å². The monoisotopic (exact) mass is 254 g/mol. The van der Waals surface area contributed by atoms with Crippen LogP contribution in [0.3, 0.4) is 0 Å². The van der Waals surface area contributed by atoms with Crippen molar-refractivity contribution in [2.75, 3.05) is 0 Å². The molecule has 0 amide bonds. The van der Waals surface area contributed by atoms with E-state index in [4.69, 9.17) is 0 Å². The molecule has 0 aliphatic heterocycles. The van der Waals surface area contributed by atoms with Crippen LogP contribution < -0.4 is 0 Å². The van der Waals surface area contributed by atoms with Crippen LogP contribution in [-0.4, -0.2) is 20.2 Å². The lowest BCUT2D eigenvalue weighted by molar-refractivity contribution is 0.967. The molecule has 0 unspecified atom stereocenters. The summed E-state index contributed by atoms with van der Waals surface area (Å²) in [5.41, 5.74) is 1.03. The minimum atomic E-state index is 0.674. The molecule has 0 aliphatic rings. The van der Waals surface area contributed by atoms with Crippen LogP contribution in [0.2, 0.25) is 0 Å². The van der Waals surface area contributed by atoms with E-state index in [0.717, 1.165) is 16.4 Å². The van der Waals surface area contributed by atoms with Crippen LogP contribution in [0.5, 0.6) is 0 Å². The van der Waals surface area contributed by atoms with E-state index in [9.17, 15) is 0 Å². The highest BCUT2D eigenvalue weighted by molar-refractivity contribution is 7.99. The second-order valence-electron chi connectivity index (χ2n) is 3.60. The number of benzene rings is 1. The zero-order valence-corrected chi connectivity index (χ0v) is 10.3. The average Bonchev–Trinajstić information content (AvgIpc) is 2.89. The van der Waals surface area contributed by atoms with Gasteiger partial charge < -0.3 is 0 Å². The van der Waals surface area contributed by atoms with Gasteiger partial charge in [-0.2, -0.15) is 0 Å². The Hall–Kier alpha value is -2.14. The predicted octanol–water partition coefficient (Wildman–Crippen LogP) is 3.02. The maximum Gasteiger partial charge on any atom is 0.215 e. The molecule has 18 heavy (non-hydrogen) atoms. The molecule has 0 saturated heterocycles. The number of pyridine rings is 1. The summed E-state index contributed by atoms with van der Waals surface area (Å²) < 4.78 is 0. The fourth-order valence-electron chi connectivity index (χ4n) is 1.52. The summed E-state index contributed by atoms with van der Waals surface area (Å²) in [5, 5.41) is 8.67. The Balaban J connectivity index is 1.82. The van der Waals surface area contributed by atoms with Crippen molar-refractivity contribution in [2.24, 2.45) is 0 Å². The normalized spacial score (nSPS) is 10.4. The first-order valence-electron chi connectivity index (χ1n) is 5.48. The van der Waals surface area contributed by atoms with E-state index in [-0.39, 0.29) is 0 Å². The molecule has 4 nitrogen and oxygen atoms in total. The van der Waals surface area contributed by atoms with Gasteiger partial charge in [0, 0.05) is 11.8 Å². The van der Waals surface area contributed by atoms with E-state index in [1.54, 1.807) is 6.20 Å². The van der Waals surface area contributed by atoms with Gasteiger partial charge in [-0.15, -0.1) is 5.10 Å². The van der Waals surface area contributed by atoms with Gasteiger partial charge in [0.1, 0.15) is 5.03 Å². The number of nitrogens with one attached hydrogen (secondary N) is 1. The first kappa shape index (κ1) is 11.0. The number of aromatic amines is 1. The Morgan fingerprint density at radius 3 is 2.56 bits per heavy atom.